The molecule has 2 heterocycles. The Balaban J connectivity index is 2.13. The number of aryl methyl sites for hydroxylation is 3. The van der Waals surface area contributed by atoms with Crippen LogP contribution in [0.15, 0.2) is 23.0 Å². The fourth-order valence-electron chi connectivity index (χ4n) is 3.24. The Morgan fingerprint density at radius 3 is 2.81 bits per heavy atom. The van der Waals surface area contributed by atoms with E-state index >= 15 is 0 Å². The number of carbonyl (C=O) groups is 1. The Morgan fingerprint density at radius 2 is 2.12 bits per heavy atom. The van der Waals surface area contributed by atoms with Crippen molar-refractivity contribution in [3.63, 3.8) is 0 Å². The molecular formula is C19H25N5O2. The number of fused-ring (bicyclic) bond motifs is 3. The molecular weight excluding hydrogens is 330 g/mol. The van der Waals surface area contributed by atoms with Crippen LogP contribution in [0.3, 0.4) is 0 Å². The maximum atomic E-state index is 12.9. The van der Waals surface area contributed by atoms with Gasteiger partial charge in [0.05, 0.1) is 10.9 Å². The molecule has 3 aromatic rings. The van der Waals surface area contributed by atoms with Gasteiger partial charge in [-0.2, -0.15) is 5.10 Å². The second-order valence-corrected chi connectivity index (χ2v) is 6.81. The van der Waals surface area contributed by atoms with Gasteiger partial charge in [-0.15, -0.1) is 0 Å². The summed E-state index contributed by atoms with van der Waals surface area (Å²) in [5.74, 6) is 0.0961. The van der Waals surface area contributed by atoms with Gasteiger partial charge in [-0.1, -0.05) is 6.07 Å². The maximum Gasteiger partial charge on any atom is 0.262 e. The van der Waals surface area contributed by atoms with E-state index in [0.29, 0.717) is 36.8 Å². The van der Waals surface area contributed by atoms with Gasteiger partial charge in [0.1, 0.15) is 5.52 Å². The topological polar surface area (TPSA) is 97.0 Å². The SMILES string of the molecule is Cc1[nH]nc2c1c(=O)n(CCCN)c1ccc(CCC(=O)N(C)C)cc21. The molecule has 3 N–H and O–H groups in total. The lowest BCUT2D eigenvalue weighted by atomic mass is 10.0. The van der Waals surface area contributed by atoms with Crippen LogP contribution in [-0.4, -0.2) is 46.2 Å². The third-order valence-electron chi connectivity index (χ3n) is 4.73. The smallest absolute Gasteiger partial charge is 0.262 e. The molecule has 7 nitrogen and oxygen atoms in total. The van der Waals surface area contributed by atoms with Crippen LogP contribution < -0.4 is 11.3 Å². The second-order valence-electron chi connectivity index (χ2n) is 6.81. The molecule has 0 saturated heterocycles. The molecule has 0 saturated carbocycles. The minimum Gasteiger partial charge on any atom is -0.349 e. The number of benzene rings is 1. The lowest BCUT2D eigenvalue weighted by molar-refractivity contribution is -0.128. The molecule has 0 radical (unpaired) electrons. The predicted molar refractivity (Wildman–Crippen MR) is 103 cm³/mol. The van der Waals surface area contributed by atoms with E-state index in [1.165, 1.54) is 0 Å². The summed E-state index contributed by atoms with van der Waals surface area (Å²) >= 11 is 0. The van der Waals surface area contributed by atoms with Crippen LogP contribution in [0.4, 0.5) is 0 Å². The van der Waals surface area contributed by atoms with E-state index in [-0.39, 0.29) is 11.5 Å². The standard InChI is InChI=1S/C19H25N5O2/c1-12-17-18(22-21-12)14-11-13(6-8-16(25)23(2)3)5-7-15(14)24(19(17)26)10-4-9-20/h5,7,11H,4,6,8-10,20H2,1-3H3,(H,21,22). The number of amides is 1. The second kappa shape index (κ2) is 7.29. The highest BCUT2D eigenvalue weighted by molar-refractivity contribution is 6.04. The fraction of sp³-hybridized carbons (Fsp3) is 0.421. The zero-order valence-electron chi connectivity index (χ0n) is 15.5. The highest BCUT2D eigenvalue weighted by atomic mass is 16.2. The number of nitrogens with two attached hydrogens (primary N) is 1. The molecule has 2 aromatic heterocycles. The van der Waals surface area contributed by atoms with E-state index in [1.807, 2.05) is 25.1 Å². The van der Waals surface area contributed by atoms with Gasteiger partial charge in [-0.3, -0.25) is 14.7 Å². The van der Waals surface area contributed by atoms with Crippen molar-refractivity contribution in [2.75, 3.05) is 20.6 Å². The van der Waals surface area contributed by atoms with Crippen molar-refractivity contribution in [3.05, 3.63) is 39.8 Å². The summed E-state index contributed by atoms with van der Waals surface area (Å²) in [5.41, 5.74) is 8.96. The number of H-pyrrole nitrogens is 1. The number of rotatable bonds is 6. The normalized spacial score (nSPS) is 11.4. The Labute approximate surface area is 151 Å². The van der Waals surface area contributed by atoms with E-state index < -0.39 is 0 Å². The lowest BCUT2D eigenvalue weighted by Crippen LogP contribution is -2.23. The molecule has 0 aliphatic carbocycles. The molecule has 0 spiro atoms. The third kappa shape index (κ3) is 3.22. The fourth-order valence-corrected chi connectivity index (χ4v) is 3.24. The first-order valence-corrected chi connectivity index (χ1v) is 8.84. The van der Waals surface area contributed by atoms with Crippen molar-refractivity contribution in [2.45, 2.75) is 32.7 Å². The van der Waals surface area contributed by atoms with Crippen molar-refractivity contribution in [3.8, 4) is 0 Å². The minimum absolute atomic E-state index is 0.0391. The van der Waals surface area contributed by atoms with Crippen molar-refractivity contribution >= 4 is 27.7 Å². The van der Waals surface area contributed by atoms with Crippen LogP contribution in [-0.2, 0) is 17.8 Å². The van der Waals surface area contributed by atoms with Crippen LogP contribution in [0.2, 0.25) is 0 Å². The molecule has 0 aliphatic rings. The summed E-state index contributed by atoms with van der Waals surface area (Å²) in [6.45, 7) is 2.96. The summed E-state index contributed by atoms with van der Waals surface area (Å²) in [4.78, 5) is 26.4. The molecule has 0 unspecified atom stereocenters. The number of nitrogens with one attached hydrogen (secondary N) is 1. The van der Waals surface area contributed by atoms with Crippen LogP contribution in [0.5, 0.6) is 0 Å². The molecule has 138 valence electrons. The van der Waals surface area contributed by atoms with Crippen molar-refractivity contribution in [2.24, 2.45) is 5.73 Å². The van der Waals surface area contributed by atoms with Gasteiger partial charge in [0.2, 0.25) is 5.91 Å². The first kappa shape index (κ1) is 18.1. The van der Waals surface area contributed by atoms with Gasteiger partial charge in [0, 0.05) is 38.1 Å². The molecule has 26 heavy (non-hydrogen) atoms. The van der Waals surface area contributed by atoms with Crippen molar-refractivity contribution in [1.29, 1.82) is 0 Å². The van der Waals surface area contributed by atoms with Gasteiger partial charge in [0.15, 0.2) is 0 Å². The van der Waals surface area contributed by atoms with Crippen LogP contribution in [0.1, 0.15) is 24.1 Å². The van der Waals surface area contributed by atoms with Crippen LogP contribution >= 0.6 is 0 Å². The Morgan fingerprint density at radius 1 is 1.35 bits per heavy atom. The number of pyridine rings is 1. The van der Waals surface area contributed by atoms with Crippen molar-refractivity contribution in [1.82, 2.24) is 19.7 Å². The molecule has 0 bridgehead atoms. The zero-order valence-corrected chi connectivity index (χ0v) is 15.5. The Bertz CT molecular complexity index is 1020. The van der Waals surface area contributed by atoms with Crippen LogP contribution in [0, 0.1) is 6.92 Å². The number of aromatic nitrogens is 3. The highest BCUT2D eigenvalue weighted by Crippen LogP contribution is 2.24. The van der Waals surface area contributed by atoms with E-state index in [9.17, 15) is 9.59 Å². The number of aromatic amines is 1. The Kier molecular flexibility index (Phi) is 5.08. The summed E-state index contributed by atoms with van der Waals surface area (Å²) in [6.07, 6.45) is 1.84. The molecule has 0 atom stereocenters. The Hall–Kier alpha value is -2.67. The molecule has 0 fully saturated rings. The number of hydrogen-bond acceptors (Lipinski definition) is 4. The van der Waals surface area contributed by atoms with Gasteiger partial charge in [0.25, 0.3) is 5.56 Å². The first-order chi connectivity index (χ1) is 12.4. The summed E-state index contributed by atoms with van der Waals surface area (Å²) < 4.78 is 1.78. The van der Waals surface area contributed by atoms with Gasteiger partial charge >= 0.3 is 0 Å². The number of nitrogens with zero attached hydrogens (tertiary/aromatic N) is 3. The van der Waals surface area contributed by atoms with E-state index in [4.69, 9.17) is 5.73 Å². The molecule has 3 rings (SSSR count). The van der Waals surface area contributed by atoms with Crippen LogP contribution in [0.25, 0.3) is 21.8 Å². The molecule has 0 aliphatic heterocycles. The van der Waals surface area contributed by atoms with E-state index in [0.717, 1.165) is 28.6 Å². The van der Waals surface area contributed by atoms with Crippen molar-refractivity contribution < 1.29 is 4.79 Å². The zero-order chi connectivity index (χ0) is 18.8. The highest BCUT2D eigenvalue weighted by Gasteiger charge is 2.16. The molecule has 1 amide bonds. The average Bonchev–Trinajstić information content (AvgIpc) is 3.01. The summed E-state index contributed by atoms with van der Waals surface area (Å²) in [6, 6.07) is 5.97. The summed E-state index contributed by atoms with van der Waals surface area (Å²) in [5, 5.41) is 8.83. The monoisotopic (exact) mass is 355 g/mol. The van der Waals surface area contributed by atoms with E-state index in [2.05, 4.69) is 10.2 Å². The van der Waals surface area contributed by atoms with E-state index in [1.54, 1.807) is 23.6 Å². The first-order valence-electron chi connectivity index (χ1n) is 8.84. The quantitative estimate of drug-likeness (QED) is 0.701. The lowest BCUT2D eigenvalue weighted by Gasteiger charge is -2.13. The predicted octanol–water partition coefficient (Wildman–Crippen LogP) is 1.56. The minimum atomic E-state index is -0.0391. The number of hydrogen-bond donors (Lipinski definition) is 2. The maximum absolute atomic E-state index is 12.9. The van der Waals surface area contributed by atoms with Gasteiger partial charge in [-0.05, 0) is 44.0 Å². The number of carbonyl (C=O) groups excluding carboxylic acids is 1. The van der Waals surface area contributed by atoms with Gasteiger partial charge in [-0.25, -0.2) is 0 Å². The third-order valence-corrected chi connectivity index (χ3v) is 4.73. The molecule has 1 aromatic carbocycles. The largest absolute Gasteiger partial charge is 0.349 e. The average molecular weight is 355 g/mol. The van der Waals surface area contributed by atoms with Gasteiger partial charge < -0.3 is 15.2 Å². The molecule has 7 heteroatoms. The summed E-state index contributed by atoms with van der Waals surface area (Å²) in [7, 11) is 3.52.